The number of hydrogen-bond donors (Lipinski definition) is 2. The van der Waals surface area contributed by atoms with E-state index >= 15 is 0 Å². The average Bonchev–Trinajstić information content (AvgIpc) is 3.41. The zero-order valence-electron chi connectivity index (χ0n) is 19.1. The second kappa shape index (κ2) is 8.99. The Bertz CT molecular complexity index is 1220. The summed E-state index contributed by atoms with van der Waals surface area (Å²) in [4.78, 5) is 16.8. The van der Waals surface area contributed by atoms with Crippen molar-refractivity contribution in [1.29, 1.82) is 0 Å². The van der Waals surface area contributed by atoms with E-state index in [1.54, 1.807) is 23.1 Å². The third-order valence-corrected chi connectivity index (χ3v) is 6.82. The number of urea groups is 1. The minimum absolute atomic E-state index is 0.198. The van der Waals surface area contributed by atoms with Crippen LogP contribution in [0.5, 0.6) is 0 Å². The highest BCUT2D eigenvalue weighted by Gasteiger charge is 2.41. The number of aromatic nitrogens is 2. The summed E-state index contributed by atoms with van der Waals surface area (Å²) in [6.45, 7) is 1.62. The predicted molar refractivity (Wildman–Crippen MR) is 122 cm³/mol. The average molecular weight is 488 g/mol. The molecule has 184 valence electrons. The molecular formula is C25H25F4N5O. The lowest BCUT2D eigenvalue weighted by atomic mass is 9.90. The van der Waals surface area contributed by atoms with Gasteiger partial charge in [-0.05, 0) is 42.9 Å². The molecule has 1 saturated heterocycles. The van der Waals surface area contributed by atoms with Crippen LogP contribution in [0.3, 0.4) is 0 Å². The number of carbonyl (C=O) groups is 1. The summed E-state index contributed by atoms with van der Waals surface area (Å²) in [5.41, 5.74) is 2.72. The monoisotopic (exact) mass is 487 g/mol. The standard InChI is InChI=1S/C25H25F4N5O/c1-33-12-18(17-4-2-3-5-20(17)25(27,28)29)22(14-33)30-24(35)34-11-10-21-19(13-34)23(32-31-21)15-6-8-16(26)9-7-15/h2-9,18,22H,10-14H2,1H3,(H,30,35)(H,31,32)/t18-,22+/m1/s1. The Morgan fingerprint density at radius 1 is 1.11 bits per heavy atom. The third-order valence-electron chi connectivity index (χ3n) is 6.82. The van der Waals surface area contributed by atoms with Gasteiger partial charge < -0.3 is 15.1 Å². The largest absolute Gasteiger partial charge is 0.416 e. The second-order valence-electron chi connectivity index (χ2n) is 9.18. The number of likely N-dealkylation sites (tertiary alicyclic amines) is 1. The van der Waals surface area contributed by atoms with Gasteiger partial charge in [0, 0.05) is 48.8 Å². The number of likely N-dealkylation sites (N-methyl/N-ethyl adjacent to an activating group) is 1. The van der Waals surface area contributed by atoms with Crippen molar-refractivity contribution in [1.82, 2.24) is 25.3 Å². The molecule has 2 aromatic carbocycles. The van der Waals surface area contributed by atoms with E-state index in [1.165, 1.54) is 24.3 Å². The first-order valence-corrected chi connectivity index (χ1v) is 11.4. The van der Waals surface area contributed by atoms with Crippen molar-refractivity contribution in [2.45, 2.75) is 31.1 Å². The molecule has 2 atom stereocenters. The van der Waals surface area contributed by atoms with E-state index in [9.17, 15) is 22.4 Å². The van der Waals surface area contributed by atoms with Gasteiger partial charge in [0.2, 0.25) is 0 Å². The molecule has 0 aliphatic carbocycles. The number of carbonyl (C=O) groups excluding carboxylic acids is 1. The van der Waals surface area contributed by atoms with Gasteiger partial charge in [0.05, 0.1) is 23.8 Å². The highest BCUT2D eigenvalue weighted by molar-refractivity contribution is 5.76. The number of rotatable bonds is 3. The SMILES string of the molecule is CN1C[C@H](NC(=O)N2CCc3[nH]nc(-c4ccc(F)cc4)c3C2)[C@@H](c2ccccc2C(F)(F)F)C1. The summed E-state index contributed by atoms with van der Waals surface area (Å²) in [5.74, 6) is -0.826. The first-order valence-electron chi connectivity index (χ1n) is 11.4. The molecule has 35 heavy (non-hydrogen) atoms. The maximum atomic E-state index is 13.7. The van der Waals surface area contributed by atoms with Gasteiger partial charge in [-0.3, -0.25) is 5.10 Å². The number of H-pyrrole nitrogens is 1. The van der Waals surface area contributed by atoms with E-state index in [2.05, 4.69) is 15.5 Å². The van der Waals surface area contributed by atoms with Crippen molar-refractivity contribution in [2.24, 2.45) is 0 Å². The van der Waals surface area contributed by atoms with Gasteiger partial charge in [0.15, 0.2) is 0 Å². The zero-order chi connectivity index (χ0) is 24.7. The van der Waals surface area contributed by atoms with Crippen molar-refractivity contribution in [3.8, 4) is 11.3 Å². The number of alkyl halides is 3. The summed E-state index contributed by atoms with van der Waals surface area (Å²) in [6, 6.07) is 10.8. The normalized spacial score (nSPS) is 20.7. The minimum Gasteiger partial charge on any atom is -0.333 e. The Labute approximate surface area is 199 Å². The van der Waals surface area contributed by atoms with E-state index in [0.717, 1.165) is 22.9 Å². The van der Waals surface area contributed by atoms with Crippen LogP contribution in [0.1, 0.15) is 28.3 Å². The van der Waals surface area contributed by atoms with Crippen LogP contribution in [0, 0.1) is 5.82 Å². The number of hydrogen-bond acceptors (Lipinski definition) is 3. The number of fused-ring (bicyclic) bond motifs is 1. The fourth-order valence-electron chi connectivity index (χ4n) is 5.11. The van der Waals surface area contributed by atoms with Crippen molar-refractivity contribution in [3.05, 3.63) is 76.7 Å². The number of benzene rings is 2. The molecule has 0 unspecified atom stereocenters. The summed E-state index contributed by atoms with van der Waals surface area (Å²) >= 11 is 0. The van der Waals surface area contributed by atoms with Crippen molar-refractivity contribution in [2.75, 3.05) is 26.7 Å². The number of amides is 2. The molecule has 3 aromatic rings. The number of aromatic amines is 1. The molecule has 0 saturated carbocycles. The second-order valence-corrected chi connectivity index (χ2v) is 9.18. The summed E-state index contributed by atoms with van der Waals surface area (Å²) in [6.07, 6.45) is -3.89. The maximum Gasteiger partial charge on any atom is 0.416 e. The molecule has 10 heteroatoms. The molecule has 0 radical (unpaired) electrons. The molecule has 2 amide bonds. The van der Waals surface area contributed by atoms with Crippen molar-refractivity contribution >= 4 is 6.03 Å². The lowest BCUT2D eigenvalue weighted by molar-refractivity contribution is -0.138. The maximum absolute atomic E-state index is 13.7. The molecule has 1 fully saturated rings. The van der Waals surface area contributed by atoms with E-state index in [0.29, 0.717) is 38.3 Å². The van der Waals surface area contributed by atoms with Crippen LogP contribution in [-0.2, 0) is 19.1 Å². The highest BCUT2D eigenvalue weighted by Crippen LogP contribution is 2.38. The fraction of sp³-hybridized carbons (Fsp3) is 0.360. The van der Waals surface area contributed by atoms with Crippen LogP contribution in [-0.4, -0.2) is 58.8 Å². The van der Waals surface area contributed by atoms with Crippen LogP contribution in [0.15, 0.2) is 48.5 Å². The van der Waals surface area contributed by atoms with Crippen LogP contribution in [0.4, 0.5) is 22.4 Å². The zero-order valence-corrected chi connectivity index (χ0v) is 19.1. The van der Waals surface area contributed by atoms with Crippen molar-refractivity contribution < 1.29 is 22.4 Å². The van der Waals surface area contributed by atoms with Gasteiger partial charge in [-0.1, -0.05) is 18.2 Å². The number of nitrogens with one attached hydrogen (secondary N) is 2. The molecule has 3 heterocycles. The Balaban J connectivity index is 1.34. The van der Waals surface area contributed by atoms with E-state index in [4.69, 9.17) is 0 Å². The number of halogens is 4. The molecule has 2 aliphatic heterocycles. The molecule has 0 bridgehead atoms. The van der Waals surface area contributed by atoms with Gasteiger partial charge in [0.1, 0.15) is 5.82 Å². The van der Waals surface area contributed by atoms with E-state index in [1.807, 2.05) is 11.9 Å². The topological polar surface area (TPSA) is 64.3 Å². The lowest BCUT2D eigenvalue weighted by Gasteiger charge is -2.30. The van der Waals surface area contributed by atoms with E-state index in [-0.39, 0.29) is 17.4 Å². The molecule has 2 aliphatic rings. The molecule has 2 N–H and O–H groups in total. The predicted octanol–water partition coefficient (Wildman–Crippen LogP) is 4.40. The van der Waals surface area contributed by atoms with Gasteiger partial charge in [-0.15, -0.1) is 0 Å². The number of nitrogens with zero attached hydrogens (tertiary/aromatic N) is 3. The van der Waals surface area contributed by atoms with Crippen LogP contribution in [0.25, 0.3) is 11.3 Å². The third kappa shape index (κ3) is 4.62. The Hall–Kier alpha value is -3.40. The first kappa shape index (κ1) is 23.3. The molecule has 5 rings (SSSR count). The summed E-state index contributed by atoms with van der Waals surface area (Å²) in [5, 5.41) is 10.4. The van der Waals surface area contributed by atoms with Gasteiger partial charge in [-0.25, -0.2) is 9.18 Å². The van der Waals surface area contributed by atoms with Crippen LogP contribution < -0.4 is 5.32 Å². The Kier molecular flexibility index (Phi) is 6.00. The molecule has 0 spiro atoms. The van der Waals surface area contributed by atoms with Gasteiger partial charge >= 0.3 is 12.2 Å². The van der Waals surface area contributed by atoms with Gasteiger partial charge in [0.25, 0.3) is 0 Å². The lowest BCUT2D eigenvalue weighted by Crippen LogP contribution is -2.48. The molecule has 1 aromatic heterocycles. The highest BCUT2D eigenvalue weighted by atomic mass is 19.4. The van der Waals surface area contributed by atoms with Gasteiger partial charge in [-0.2, -0.15) is 18.3 Å². The molecular weight excluding hydrogens is 462 g/mol. The first-order chi connectivity index (χ1) is 16.7. The Morgan fingerprint density at radius 2 is 1.86 bits per heavy atom. The fourth-order valence-corrected chi connectivity index (χ4v) is 5.11. The van der Waals surface area contributed by atoms with Crippen LogP contribution in [0.2, 0.25) is 0 Å². The van der Waals surface area contributed by atoms with Crippen LogP contribution >= 0.6 is 0 Å². The Morgan fingerprint density at radius 3 is 2.60 bits per heavy atom. The summed E-state index contributed by atoms with van der Waals surface area (Å²) in [7, 11) is 1.84. The minimum atomic E-state index is -4.46. The van der Waals surface area contributed by atoms with E-state index < -0.39 is 23.7 Å². The molecule has 6 nitrogen and oxygen atoms in total. The van der Waals surface area contributed by atoms with Crippen molar-refractivity contribution in [3.63, 3.8) is 0 Å². The smallest absolute Gasteiger partial charge is 0.333 e. The quantitative estimate of drug-likeness (QED) is 0.539. The summed E-state index contributed by atoms with van der Waals surface area (Å²) < 4.78 is 54.3.